The van der Waals surface area contributed by atoms with E-state index in [-0.39, 0.29) is 19.5 Å². The molecule has 2 atom stereocenters. The first-order valence-electron chi connectivity index (χ1n) is 7.89. The second-order valence-electron chi connectivity index (χ2n) is 6.13. The van der Waals surface area contributed by atoms with Crippen LogP contribution in [-0.4, -0.2) is 19.5 Å². The lowest BCUT2D eigenvalue weighted by atomic mass is 10.1. The highest BCUT2D eigenvalue weighted by Gasteiger charge is 2.08. The second kappa shape index (κ2) is 8.98. The van der Waals surface area contributed by atoms with Gasteiger partial charge in [-0.1, -0.05) is 74.5 Å². The van der Waals surface area contributed by atoms with Gasteiger partial charge in [-0.05, 0) is 35.1 Å². The Kier molecular flexibility index (Phi) is 6.93. The third-order valence-electron chi connectivity index (χ3n) is 3.66. The SMILES string of the molecule is CC(Cc1ccccc1)[SiH2]O[SiH2]C(C)Cc1ccccc1. The lowest BCUT2D eigenvalue weighted by Gasteiger charge is -2.15. The van der Waals surface area contributed by atoms with Crippen LogP contribution >= 0.6 is 0 Å². The Hall–Kier alpha value is -1.17. The van der Waals surface area contributed by atoms with Crippen molar-refractivity contribution in [2.24, 2.45) is 0 Å². The molecule has 0 bridgehead atoms. The van der Waals surface area contributed by atoms with Crippen molar-refractivity contribution in [3.63, 3.8) is 0 Å². The van der Waals surface area contributed by atoms with Crippen molar-refractivity contribution in [3.05, 3.63) is 71.8 Å². The molecule has 112 valence electrons. The summed E-state index contributed by atoms with van der Waals surface area (Å²) in [5, 5.41) is 0. The van der Waals surface area contributed by atoms with Crippen LogP contribution < -0.4 is 0 Å². The first-order chi connectivity index (χ1) is 10.2. The van der Waals surface area contributed by atoms with Gasteiger partial charge in [-0.25, -0.2) is 0 Å². The Labute approximate surface area is 133 Å². The van der Waals surface area contributed by atoms with Crippen LogP contribution in [0, 0.1) is 0 Å². The van der Waals surface area contributed by atoms with Crippen molar-refractivity contribution in [2.45, 2.75) is 37.8 Å². The molecule has 0 amide bonds. The molecule has 2 aromatic rings. The summed E-state index contributed by atoms with van der Waals surface area (Å²) < 4.78 is 6.18. The normalized spacial score (nSPS) is 15.0. The van der Waals surface area contributed by atoms with Crippen molar-refractivity contribution in [1.29, 1.82) is 0 Å². The highest BCUT2D eigenvalue weighted by molar-refractivity contribution is 6.44. The minimum absolute atomic E-state index is 0.378. The standard InChI is InChI=1S/C18H26OSi2/c1-15(13-17-9-5-3-6-10-17)20-19-21-16(2)14-18-11-7-4-8-12-18/h3-12,15-16H,13-14,20-21H2,1-2H3. The molecule has 0 aliphatic heterocycles. The van der Waals surface area contributed by atoms with Crippen LogP contribution in [0.3, 0.4) is 0 Å². The van der Waals surface area contributed by atoms with Crippen molar-refractivity contribution >= 4 is 19.5 Å². The van der Waals surface area contributed by atoms with Crippen LogP contribution in [0.25, 0.3) is 0 Å². The number of hydrogen-bond donors (Lipinski definition) is 0. The van der Waals surface area contributed by atoms with Gasteiger partial charge < -0.3 is 4.12 Å². The van der Waals surface area contributed by atoms with Gasteiger partial charge in [-0.3, -0.25) is 0 Å². The minimum Gasteiger partial charge on any atom is -0.465 e. The van der Waals surface area contributed by atoms with Crippen LogP contribution in [0.15, 0.2) is 60.7 Å². The second-order valence-corrected chi connectivity index (χ2v) is 11.2. The van der Waals surface area contributed by atoms with Crippen LogP contribution in [0.2, 0.25) is 11.1 Å². The largest absolute Gasteiger partial charge is 0.465 e. The Morgan fingerprint density at radius 1 is 0.714 bits per heavy atom. The van der Waals surface area contributed by atoms with Gasteiger partial charge in [0.2, 0.25) is 0 Å². The maximum Gasteiger partial charge on any atom is 0.149 e. The fourth-order valence-electron chi connectivity index (χ4n) is 2.62. The average Bonchev–Trinajstić information content (AvgIpc) is 2.49. The molecule has 2 aromatic carbocycles. The quantitative estimate of drug-likeness (QED) is 0.680. The third-order valence-corrected chi connectivity index (χ3v) is 7.26. The van der Waals surface area contributed by atoms with Crippen molar-refractivity contribution in [2.75, 3.05) is 0 Å². The summed E-state index contributed by atoms with van der Waals surface area (Å²) in [6.45, 7) is 4.69. The molecule has 1 nitrogen and oxygen atoms in total. The minimum atomic E-state index is -0.378. The molecule has 0 saturated heterocycles. The molecule has 3 heteroatoms. The van der Waals surface area contributed by atoms with E-state index in [0.29, 0.717) is 0 Å². The summed E-state index contributed by atoms with van der Waals surface area (Å²) >= 11 is 0. The van der Waals surface area contributed by atoms with Gasteiger partial charge in [0.15, 0.2) is 0 Å². The van der Waals surface area contributed by atoms with E-state index in [1.165, 1.54) is 24.0 Å². The molecule has 0 radical (unpaired) electrons. The summed E-state index contributed by atoms with van der Waals surface area (Å²) in [6.07, 6.45) is 2.35. The number of rotatable bonds is 8. The first kappa shape index (κ1) is 16.2. The first-order valence-corrected chi connectivity index (χ1v) is 10.7. The van der Waals surface area contributed by atoms with E-state index in [2.05, 4.69) is 74.5 Å². The van der Waals surface area contributed by atoms with Crippen molar-refractivity contribution < 1.29 is 4.12 Å². The van der Waals surface area contributed by atoms with E-state index < -0.39 is 0 Å². The fraction of sp³-hybridized carbons (Fsp3) is 0.333. The summed E-state index contributed by atoms with van der Waals surface area (Å²) in [5.74, 6) is 0. The summed E-state index contributed by atoms with van der Waals surface area (Å²) in [4.78, 5) is 0. The molecule has 0 aliphatic rings. The summed E-state index contributed by atoms with van der Waals surface area (Å²) in [7, 11) is -0.757. The average molecular weight is 315 g/mol. The molecule has 0 spiro atoms. The van der Waals surface area contributed by atoms with E-state index >= 15 is 0 Å². The molecule has 0 aromatic heterocycles. The van der Waals surface area contributed by atoms with Crippen LogP contribution in [0.5, 0.6) is 0 Å². The summed E-state index contributed by atoms with van der Waals surface area (Å²) in [5.41, 5.74) is 4.37. The van der Waals surface area contributed by atoms with Gasteiger partial charge in [0, 0.05) is 0 Å². The molecule has 0 fully saturated rings. The molecule has 21 heavy (non-hydrogen) atoms. The zero-order valence-electron chi connectivity index (χ0n) is 13.2. The zero-order chi connectivity index (χ0) is 14.9. The van der Waals surface area contributed by atoms with Crippen LogP contribution in [-0.2, 0) is 17.0 Å². The summed E-state index contributed by atoms with van der Waals surface area (Å²) in [6, 6.07) is 21.6. The zero-order valence-corrected chi connectivity index (χ0v) is 16.0. The van der Waals surface area contributed by atoms with Gasteiger partial charge in [0.1, 0.15) is 19.5 Å². The van der Waals surface area contributed by atoms with E-state index in [4.69, 9.17) is 4.12 Å². The molecular weight excluding hydrogens is 288 g/mol. The van der Waals surface area contributed by atoms with Crippen molar-refractivity contribution in [1.82, 2.24) is 0 Å². The van der Waals surface area contributed by atoms with E-state index in [0.717, 1.165) is 11.1 Å². The topological polar surface area (TPSA) is 9.23 Å². The van der Waals surface area contributed by atoms with Gasteiger partial charge in [0.05, 0.1) is 0 Å². The lowest BCUT2D eigenvalue weighted by molar-refractivity contribution is 0.592. The maximum absolute atomic E-state index is 6.18. The predicted octanol–water partition coefficient (Wildman–Crippen LogP) is 3.27. The van der Waals surface area contributed by atoms with E-state index in [1.54, 1.807) is 0 Å². The molecule has 0 heterocycles. The van der Waals surface area contributed by atoms with E-state index in [1.807, 2.05) is 0 Å². The maximum atomic E-state index is 6.18. The van der Waals surface area contributed by atoms with Crippen LogP contribution in [0.1, 0.15) is 25.0 Å². The molecule has 2 rings (SSSR count). The smallest absolute Gasteiger partial charge is 0.149 e. The lowest BCUT2D eigenvalue weighted by Crippen LogP contribution is -2.15. The molecule has 0 aliphatic carbocycles. The number of benzene rings is 2. The van der Waals surface area contributed by atoms with Gasteiger partial charge in [-0.2, -0.15) is 0 Å². The monoisotopic (exact) mass is 314 g/mol. The Morgan fingerprint density at radius 2 is 1.10 bits per heavy atom. The Morgan fingerprint density at radius 3 is 1.48 bits per heavy atom. The van der Waals surface area contributed by atoms with Gasteiger partial charge in [-0.15, -0.1) is 0 Å². The predicted molar refractivity (Wildman–Crippen MR) is 97.3 cm³/mol. The molecule has 0 N–H and O–H groups in total. The van der Waals surface area contributed by atoms with Crippen molar-refractivity contribution in [3.8, 4) is 0 Å². The third kappa shape index (κ3) is 6.42. The fourth-order valence-corrected chi connectivity index (χ4v) is 7.29. The van der Waals surface area contributed by atoms with Crippen LogP contribution in [0.4, 0.5) is 0 Å². The molecule has 0 saturated carbocycles. The highest BCUT2D eigenvalue weighted by Crippen LogP contribution is 2.15. The molecular formula is C18H26OSi2. The van der Waals surface area contributed by atoms with Gasteiger partial charge >= 0.3 is 0 Å². The number of hydrogen-bond acceptors (Lipinski definition) is 1. The highest BCUT2D eigenvalue weighted by atomic mass is 28.3. The molecule has 2 unspecified atom stereocenters. The van der Waals surface area contributed by atoms with E-state index in [9.17, 15) is 0 Å². The Bertz CT molecular complexity index is 454. The Balaban J connectivity index is 1.64. The van der Waals surface area contributed by atoms with Gasteiger partial charge in [0.25, 0.3) is 0 Å².